The van der Waals surface area contributed by atoms with Crippen molar-refractivity contribution in [1.82, 2.24) is 0 Å². The van der Waals surface area contributed by atoms with Gasteiger partial charge in [-0.25, -0.2) is 8.42 Å². The molecule has 2 heterocycles. The van der Waals surface area contributed by atoms with Crippen LogP contribution in [-0.4, -0.2) is 18.9 Å². The van der Waals surface area contributed by atoms with E-state index in [-0.39, 0.29) is 10.5 Å². The first-order chi connectivity index (χ1) is 5.21. The quantitative estimate of drug-likeness (QED) is 0.558. The van der Waals surface area contributed by atoms with Crippen molar-refractivity contribution < 1.29 is 8.42 Å². The molecule has 64 valence electrons. The van der Waals surface area contributed by atoms with Crippen molar-refractivity contribution >= 4 is 9.84 Å². The Balaban J connectivity index is 2.33. The molecule has 0 aromatic rings. The van der Waals surface area contributed by atoms with Crippen molar-refractivity contribution in [2.75, 3.05) is 0 Å². The topological polar surface area (TPSA) is 34.1 Å². The van der Waals surface area contributed by atoms with Crippen LogP contribution in [0.5, 0.6) is 0 Å². The third-order valence-corrected chi connectivity index (χ3v) is 5.84. The van der Waals surface area contributed by atoms with Gasteiger partial charge in [0.25, 0.3) is 0 Å². The summed E-state index contributed by atoms with van der Waals surface area (Å²) in [6.07, 6.45) is 5.98. The van der Waals surface area contributed by atoms with Crippen LogP contribution < -0.4 is 0 Å². The number of fused-ring (bicyclic) bond motifs is 2. The van der Waals surface area contributed by atoms with Crippen LogP contribution in [-0.2, 0) is 9.84 Å². The van der Waals surface area contributed by atoms with Crippen LogP contribution in [0.1, 0.15) is 38.5 Å². The Morgan fingerprint density at radius 1 is 0.818 bits per heavy atom. The highest BCUT2D eigenvalue weighted by molar-refractivity contribution is 7.92. The van der Waals surface area contributed by atoms with Crippen molar-refractivity contribution in [3.8, 4) is 0 Å². The molecule has 0 saturated carbocycles. The average molecular weight is 174 g/mol. The lowest BCUT2D eigenvalue weighted by atomic mass is 10.0. The Morgan fingerprint density at radius 2 is 1.27 bits per heavy atom. The van der Waals surface area contributed by atoms with Crippen LogP contribution in [0.25, 0.3) is 0 Å². The summed E-state index contributed by atoms with van der Waals surface area (Å²) in [5.41, 5.74) is 0. The fourth-order valence-corrected chi connectivity index (χ4v) is 4.80. The van der Waals surface area contributed by atoms with Gasteiger partial charge < -0.3 is 0 Å². The van der Waals surface area contributed by atoms with Gasteiger partial charge >= 0.3 is 0 Å². The fourth-order valence-electron chi connectivity index (χ4n) is 2.33. The van der Waals surface area contributed by atoms with Crippen molar-refractivity contribution in [2.45, 2.75) is 49.0 Å². The standard InChI is InChI=1S/C8H14O2S/c9-11(10)7-3-1-2-4-8(11)6-5-7/h7-8H,1-6H2. The van der Waals surface area contributed by atoms with Gasteiger partial charge in [-0.15, -0.1) is 0 Å². The molecule has 2 atom stereocenters. The highest BCUT2D eigenvalue weighted by Gasteiger charge is 2.41. The Labute approximate surface area is 67.9 Å². The largest absolute Gasteiger partial charge is 0.228 e. The molecule has 2 saturated heterocycles. The second-order valence-corrected chi connectivity index (χ2v) is 6.21. The van der Waals surface area contributed by atoms with E-state index in [0.29, 0.717) is 0 Å². The van der Waals surface area contributed by atoms with Crippen molar-refractivity contribution in [3.05, 3.63) is 0 Å². The molecule has 11 heavy (non-hydrogen) atoms. The van der Waals surface area contributed by atoms with Gasteiger partial charge in [0.2, 0.25) is 0 Å². The first kappa shape index (κ1) is 7.59. The summed E-state index contributed by atoms with van der Waals surface area (Å²) in [6.45, 7) is 0. The zero-order valence-electron chi connectivity index (χ0n) is 6.62. The number of rotatable bonds is 0. The molecule has 2 nitrogen and oxygen atoms in total. The molecular formula is C8H14O2S. The van der Waals surface area contributed by atoms with Crippen LogP contribution in [0.2, 0.25) is 0 Å². The molecule has 0 amide bonds. The fraction of sp³-hybridized carbons (Fsp3) is 1.00. The molecule has 0 N–H and O–H groups in total. The van der Waals surface area contributed by atoms with Gasteiger partial charge in [0, 0.05) is 0 Å². The molecule has 2 aliphatic heterocycles. The van der Waals surface area contributed by atoms with Gasteiger partial charge in [-0.05, 0) is 25.7 Å². The molecule has 0 spiro atoms. The predicted octanol–water partition coefficient (Wildman–Crippen LogP) is 1.51. The molecule has 0 aromatic carbocycles. The van der Waals surface area contributed by atoms with Gasteiger partial charge in [-0.2, -0.15) is 0 Å². The maximum absolute atomic E-state index is 11.6. The van der Waals surface area contributed by atoms with E-state index >= 15 is 0 Å². The molecule has 2 aliphatic rings. The Kier molecular flexibility index (Phi) is 1.71. The molecule has 2 rings (SSSR count). The summed E-state index contributed by atoms with van der Waals surface area (Å²) in [4.78, 5) is 0. The van der Waals surface area contributed by atoms with Crippen LogP contribution in [0, 0.1) is 0 Å². The summed E-state index contributed by atoms with van der Waals surface area (Å²) in [7, 11) is -2.67. The minimum absolute atomic E-state index is 0.0370. The van der Waals surface area contributed by atoms with Gasteiger partial charge in [0.15, 0.2) is 9.84 Å². The van der Waals surface area contributed by atoms with E-state index in [2.05, 4.69) is 0 Å². The number of hydrogen-bond donors (Lipinski definition) is 0. The molecule has 2 fully saturated rings. The second kappa shape index (κ2) is 2.47. The molecule has 2 unspecified atom stereocenters. The maximum Gasteiger partial charge on any atom is 0.156 e. The summed E-state index contributed by atoms with van der Waals surface area (Å²) in [5, 5.41) is 0.0741. The van der Waals surface area contributed by atoms with Gasteiger partial charge in [-0.3, -0.25) is 0 Å². The molecule has 0 aliphatic carbocycles. The van der Waals surface area contributed by atoms with Crippen molar-refractivity contribution in [1.29, 1.82) is 0 Å². The van der Waals surface area contributed by atoms with Gasteiger partial charge in [0.05, 0.1) is 10.5 Å². The lowest BCUT2D eigenvalue weighted by Crippen LogP contribution is -2.20. The molecule has 2 bridgehead atoms. The normalized spacial score (nSPS) is 41.8. The van der Waals surface area contributed by atoms with Crippen LogP contribution in [0.3, 0.4) is 0 Å². The molecule has 0 aromatic heterocycles. The predicted molar refractivity (Wildman–Crippen MR) is 44.2 cm³/mol. The lowest BCUT2D eigenvalue weighted by molar-refractivity contribution is 0.556. The molecule has 0 radical (unpaired) electrons. The minimum atomic E-state index is -2.67. The zero-order valence-corrected chi connectivity index (χ0v) is 7.44. The van der Waals surface area contributed by atoms with E-state index < -0.39 is 9.84 Å². The van der Waals surface area contributed by atoms with E-state index in [4.69, 9.17) is 0 Å². The van der Waals surface area contributed by atoms with Gasteiger partial charge in [0.1, 0.15) is 0 Å². The van der Waals surface area contributed by atoms with Crippen LogP contribution >= 0.6 is 0 Å². The summed E-state index contributed by atoms with van der Waals surface area (Å²) in [5.74, 6) is 0. The van der Waals surface area contributed by atoms with E-state index in [9.17, 15) is 8.42 Å². The summed E-state index contributed by atoms with van der Waals surface area (Å²) < 4.78 is 23.2. The highest BCUT2D eigenvalue weighted by atomic mass is 32.2. The minimum Gasteiger partial charge on any atom is -0.228 e. The van der Waals surface area contributed by atoms with Crippen LogP contribution in [0.15, 0.2) is 0 Å². The van der Waals surface area contributed by atoms with E-state index in [1.54, 1.807) is 0 Å². The first-order valence-corrected chi connectivity index (χ1v) is 6.05. The SMILES string of the molecule is O=S1(=O)C2CCCCC1CC2. The van der Waals surface area contributed by atoms with E-state index in [1.165, 1.54) is 0 Å². The Morgan fingerprint density at radius 3 is 1.73 bits per heavy atom. The summed E-state index contributed by atoms with van der Waals surface area (Å²) in [6, 6.07) is 0. The number of sulfone groups is 1. The lowest BCUT2D eigenvalue weighted by Gasteiger charge is -2.06. The second-order valence-electron chi connectivity index (χ2n) is 3.69. The highest BCUT2D eigenvalue weighted by Crippen LogP contribution is 2.36. The average Bonchev–Trinajstić information content (AvgIpc) is 2.00. The summed E-state index contributed by atoms with van der Waals surface area (Å²) >= 11 is 0. The first-order valence-electron chi connectivity index (χ1n) is 4.44. The van der Waals surface area contributed by atoms with Crippen LogP contribution in [0.4, 0.5) is 0 Å². The maximum atomic E-state index is 11.6. The van der Waals surface area contributed by atoms with E-state index in [1.807, 2.05) is 0 Å². The third kappa shape index (κ3) is 1.10. The van der Waals surface area contributed by atoms with E-state index in [0.717, 1.165) is 38.5 Å². The number of hydrogen-bond acceptors (Lipinski definition) is 2. The Hall–Kier alpha value is -0.0500. The smallest absolute Gasteiger partial charge is 0.156 e. The van der Waals surface area contributed by atoms with Gasteiger partial charge in [-0.1, -0.05) is 12.8 Å². The zero-order chi connectivity index (χ0) is 7.90. The third-order valence-electron chi connectivity index (χ3n) is 3.04. The monoisotopic (exact) mass is 174 g/mol. The Bertz CT molecular complexity index is 223. The van der Waals surface area contributed by atoms with Crippen molar-refractivity contribution in [3.63, 3.8) is 0 Å². The molecule has 3 heteroatoms. The van der Waals surface area contributed by atoms with Crippen molar-refractivity contribution in [2.24, 2.45) is 0 Å². The molecular weight excluding hydrogens is 160 g/mol.